The van der Waals surface area contributed by atoms with Crippen molar-refractivity contribution in [3.63, 3.8) is 0 Å². The number of hydrogen-bond donors (Lipinski definition) is 1. The molecule has 0 aliphatic rings. The topological polar surface area (TPSA) is 63.6 Å². The van der Waals surface area contributed by atoms with Gasteiger partial charge in [-0.25, -0.2) is 9.97 Å². The molecule has 1 N–H and O–H groups in total. The Labute approximate surface area is 169 Å². The Balaban J connectivity index is 0.000000236. The molecule has 0 amide bonds. The Bertz CT molecular complexity index is 829. The molecule has 0 spiro atoms. The number of nitrogens with one attached hydrogen (secondary N) is 1. The first-order valence-corrected chi connectivity index (χ1v) is 8.61. The minimum absolute atomic E-state index is 0.317. The summed E-state index contributed by atoms with van der Waals surface area (Å²) in [6, 6.07) is 5.44. The summed E-state index contributed by atoms with van der Waals surface area (Å²) in [5.74, 6) is 0.614. The van der Waals surface area contributed by atoms with Gasteiger partial charge < -0.3 is 5.32 Å². The predicted octanol–water partition coefficient (Wildman–Crippen LogP) is 5.83. The van der Waals surface area contributed by atoms with Crippen LogP contribution in [0.2, 0.25) is 25.5 Å². The molecule has 0 radical (unpaired) electrons. The molecule has 1 aromatic carbocycles. The van der Waals surface area contributed by atoms with E-state index in [1.807, 2.05) is 6.07 Å². The van der Waals surface area contributed by atoms with Crippen LogP contribution in [0.1, 0.15) is 5.56 Å². The maximum atomic E-state index is 5.91. The highest BCUT2D eigenvalue weighted by Gasteiger charge is 2.00. The first-order chi connectivity index (χ1) is 11.9. The fraction of sp³-hybridized carbons (Fsp3) is 0.0667. The van der Waals surface area contributed by atoms with Crippen LogP contribution in [-0.4, -0.2) is 19.9 Å². The summed E-state index contributed by atoms with van der Waals surface area (Å²) in [5.41, 5.74) is 1.00. The summed E-state index contributed by atoms with van der Waals surface area (Å²) in [6.45, 7) is 0.575. The number of halogens is 5. The highest BCUT2D eigenvalue weighted by Crippen LogP contribution is 2.23. The van der Waals surface area contributed by atoms with E-state index < -0.39 is 0 Å². The van der Waals surface area contributed by atoms with E-state index in [2.05, 4.69) is 25.3 Å². The first-order valence-electron chi connectivity index (χ1n) is 6.72. The molecule has 0 unspecified atom stereocenters. The van der Waals surface area contributed by atoms with Gasteiger partial charge in [-0.3, -0.25) is 9.97 Å². The monoisotopic (exact) mass is 435 g/mol. The number of anilines is 1. The molecule has 0 bridgehead atoms. The normalized spacial score (nSPS) is 9.96. The quantitative estimate of drug-likeness (QED) is 0.558. The average molecular weight is 438 g/mol. The molecule has 0 fully saturated rings. The van der Waals surface area contributed by atoms with Crippen molar-refractivity contribution in [2.24, 2.45) is 0 Å². The third-order valence-electron chi connectivity index (χ3n) is 2.64. The lowest BCUT2D eigenvalue weighted by Crippen LogP contribution is -2.01. The predicted molar refractivity (Wildman–Crippen MR) is 103 cm³/mol. The molecule has 130 valence electrons. The second-order valence-corrected chi connectivity index (χ2v) is 6.47. The van der Waals surface area contributed by atoms with Crippen molar-refractivity contribution in [1.29, 1.82) is 0 Å². The average Bonchev–Trinajstić information content (AvgIpc) is 2.56. The van der Waals surface area contributed by atoms with Gasteiger partial charge in [-0.05, 0) is 17.7 Å². The summed E-state index contributed by atoms with van der Waals surface area (Å²) in [4.78, 5) is 15.3. The van der Waals surface area contributed by atoms with E-state index in [0.717, 1.165) is 5.56 Å². The minimum Gasteiger partial charge on any atom is -0.365 e. The molecule has 3 rings (SSSR count). The van der Waals surface area contributed by atoms with Crippen molar-refractivity contribution in [2.45, 2.75) is 6.54 Å². The Morgan fingerprint density at radius 1 is 0.720 bits per heavy atom. The smallest absolute Gasteiger partial charge is 0.149 e. The van der Waals surface area contributed by atoms with E-state index in [4.69, 9.17) is 58.0 Å². The van der Waals surface area contributed by atoms with Gasteiger partial charge in [0.05, 0.1) is 34.8 Å². The molecule has 0 saturated heterocycles. The zero-order valence-electron chi connectivity index (χ0n) is 12.4. The number of nitrogens with zero attached hydrogens (tertiary/aromatic N) is 4. The molecule has 25 heavy (non-hydrogen) atoms. The van der Waals surface area contributed by atoms with Crippen molar-refractivity contribution in [2.75, 3.05) is 5.32 Å². The molecule has 2 heterocycles. The van der Waals surface area contributed by atoms with Crippen molar-refractivity contribution in [1.82, 2.24) is 19.9 Å². The molecule has 0 aliphatic heterocycles. The Hall–Kier alpha value is -1.37. The fourth-order valence-electron chi connectivity index (χ4n) is 1.59. The van der Waals surface area contributed by atoms with Crippen LogP contribution in [0.15, 0.2) is 43.0 Å². The van der Waals surface area contributed by atoms with Gasteiger partial charge in [0, 0.05) is 6.54 Å². The van der Waals surface area contributed by atoms with Gasteiger partial charge in [0.1, 0.15) is 21.3 Å². The Morgan fingerprint density at radius 3 is 1.84 bits per heavy atom. The summed E-state index contributed by atoms with van der Waals surface area (Å²) in [7, 11) is 0. The van der Waals surface area contributed by atoms with E-state index in [0.29, 0.717) is 37.9 Å². The zero-order valence-corrected chi connectivity index (χ0v) is 16.2. The highest BCUT2D eigenvalue weighted by atomic mass is 35.5. The summed E-state index contributed by atoms with van der Waals surface area (Å²) < 4.78 is 0. The van der Waals surface area contributed by atoms with Crippen LogP contribution in [0.25, 0.3) is 0 Å². The number of rotatable bonds is 3. The fourth-order valence-corrected chi connectivity index (χ4v) is 2.40. The Kier molecular flexibility index (Phi) is 7.93. The van der Waals surface area contributed by atoms with Crippen LogP contribution in [0.3, 0.4) is 0 Å². The van der Waals surface area contributed by atoms with Crippen LogP contribution < -0.4 is 5.32 Å². The molecular weight excluding hydrogens is 427 g/mol. The van der Waals surface area contributed by atoms with Crippen molar-refractivity contribution in [3.8, 4) is 0 Å². The van der Waals surface area contributed by atoms with E-state index in [-0.39, 0.29) is 0 Å². The number of benzene rings is 1. The van der Waals surface area contributed by atoms with Gasteiger partial charge in [0.2, 0.25) is 0 Å². The van der Waals surface area contributed by atoms with E-state index in [1.54, 1.807) is 18.3 Å². The number of hydrogen-bond acceptors (Lipinski definition) is 5. The van der Waals surface area contributed by atoms with Gasteiger partial charge in [-0.2, -0.15) is 0 Å². The molecule has 0 atom stereocenters. The molecule has 5 nitrogen and oxygen atoms in total. The van der Waals surface area contributed by atoms with E-state index >= 15 is 0 Å². The van der Waals surface area contributed by atoms with Crippen LogP contribution in [-0.2, 0) is 6.54 Å². The Morgan fingerprint density at radius 2 is 1.32 bits per heavy atom. The van der Waals surface area contributed by atoms with Crippen LogP contribution in [0, 0.1) is 0 Å². The number of aromatic nitrogens is 4. The third-order valence-corrected chi connectivity index (χ3v) is 3.92. The second-order valence-electron chi connectivity index (χ2n) is 4.49. The largest absolute Gasteiger partial charge is 0.365 e. The van der Waals surface area contributed by atoms with Crippen molar-refractivity contribution < 1.29 is 0 Å². The van der Waals surface area contributed by atoms with E-state index in [1.165, 1.54) is 18.6 Å². The molecule has 0 saturated carbocycles. The lowest BCUT2D eigenvalue weighted by Gasteiger charge is -2.06. The van der Waals surface area contributed by atoms with Gasteiger partial charge in [0.15, 0.2) is 0 Å². The van der Waals surface area contributed by atoms with Gasteiger partial charge in [0.25, 0.3) is 0 Å². The van der Waals surface area contributed by atoms with Gasteiger partial charge >= 0.3 is 0 Å². The van der Waals surface area contributed by atoms with E-state index in [9.17, 15) is 0 Å². The molecular formula is C15H10Cl5N5. The maximum absolute atomic E-state index is 5.91. The highest BCUT2D eigenvalue weighted by molar-refractivity contribution is 6.42. The third kappa shape index (κ3) is 7.18. The molecule has 3 aromatic rings. The maximum Gasteiger partial charge on any atom is 0.149 e. The lowest BCUT2D eigenvalue weighted by molar-refractivity contribution is 1.09. The van der Waals surface area contributed by atoms with Crippen molar-refractivity contribution >= 4 is 63.8 Å². The molecule has 0 aliphatic carbocycles. The summed E-state index contributed by atoms with van der Waals surface area (Å²) in [6.07, 6.45) is 5.93. The van der Waals surface area contributed by atoms with Crippen LogP contribution in [0.5, 0.6) is 0 Å². The van der Waals surface area contributed by atoms with Gasteiger partial charge in [-0.1, -0.05) is 64.1 Å². The second kappa shape index (κ2) is 9.94. The van der Waals surface area contributed by atoms with Crippen molar-refractivity contribution in [3.05, 3.63) is 74.1 Å². The minimum atomic E-state index is 0.317. The first kappa shape index (κ1) is 19.9. The summed E-state index contributed by atoms with van der Waals surface area (Å²) in [5, 5.41) is 5.14. The lowest BCUT2D eigenvalue weighted by atomic mass is 10.2. The molecule has 2 aromatic heterocycles. The molecule has 10 heteroatoms. The van der Waals surface area contributed by atoms with Crippen LogP contribution in [0.4, 0.5) is 5.82 Å². The summed E-state index contributed by atoms with van der Waals surface area (Å²) >= 11 is 28.2. The van der Waals surface area contributed by atoms with Crippen LogP contribution >= 0.6 is 58.0 Å². The SMILES string of the molecule is Clc1cncc(Cl)n1.Clc1cncc(NCc2ccc(Cl)c(Cl)c2)n1. The standard InChI is InChI=1S/C11H8Cl3N3.C4H2Cl2N2/c12-8-2-1-7(3-9(8)13)4-16-11-6-15-5-10(14)17-11;5-3-1-7-2-4(6)8-3/h1-3,5-6H,4H2,(H,16,17);1-2H. The zero-order chi connectivity index (χ0) is 18.2. The van der Waals surface area contributed by atoms with Gasteiger partial charge in [-0.15, -0.1) is 0 Å².